The van der Waals surface area contributed by atoms with Gasteiger partial charge in [-0.2, -0.15) is 0 Å². The maximum Gasteiger partial charge on any atom is 0.135 e. The van der Waals surface area contributed by atoms with E-state index in [9.17, 15) is 0 Å². The molecule has 0 spiro atoms. The van der Waals surface area contributed by atoms with Crippen molar-refractivity contribution in [1.29, 1.82) is 0 Å². The third-order valence-corrected chi connectivity index (χ3v) is 4.56. The van der Waals surface area contributed by atoms with Crippen molar-refractivity contribution in [3.63, 3.8) is 0 Å². The Morgan fingerprint density at radius 3 is 2.70 bits per heavy atom. The molecular formula is C15H20ClN3S. The fourth-order valence-corrected chi connectivity index (χ4v) is 2.89. The predicted molar refractivity (Wildman–Crippen MR) is 87.0 cm³/mol. The van der Waals surface area contributed by atoms with Gasteiger partial charge in [0.2, 0.25) is 0 Å². The number of aromatic nitrogens is 2. The highest BCUT2D eigenvalue weighted by Gasteiger charge is 2.21. The Bertz CT molecular complexity index is 565. The van der Waals surface area contributed by atoms with Gasteiger partial charge in [-0.3, -0.25) is 0 Å². The van der Waals surface area contributed by atoms with Crippen LogP contribution in [0.5, 0.6) is 0 Å². The van der Waals surface area contributed by atoms with Crippen molar-refractivity contribution in [2.75, 3.05) is 11.9 Å². The minimum Gasteiger partial charge on any atom is -0.369 e. The van der Waals surface area contributed by atoms with E-state index in [1.807, 2.05) is 0 Å². The molecule has 3 nitrogen and oxygen atoms in total. The molecule has 0 amide bonds. The first kappa shape index (κ1) is 15.3. The van der Waals surface area contributed by atoms with Gasteiger partial charge in [-0.25, -0.2) is 9.97 Å². The van der Waals surface area contributed by atoms with Crippen molar-refractivity contribution in [1.82, 2.24) is 9.97 Å². The average Bonchev–Trinajstić information content (AvgIpc) is 2.90. The molecule has 0 aliphatic heterocycles. The smallest absolute Gasteiger partial charge is 0.135 e. The van der Waals surface area contributed by atoms with Crippen LogP contribution in [0.25, 0.3) is 0 Å². The molecule has 108 valence electrons. The molecule has 0 unspecified atom stereocenters. The lowest BCUT2D eigenvalue weighted by atomic mass is 9.91. The van der Waals surface area contributed by atoms with Crippen LogP contribution in [0.15, 0.2) is 23.6 Å². The maximum atomic E-state index is 6.05. The van der Waals surface area contributed by atoms with Crippen molar-refractivity contribution in [2.24, 2.45) is 0 Å². The zero-order chi connectivity index (χ0) is 14.8. The Hall–Kier alpha value is -1.13. The average molecular weight is 310 g/mol. The number of anilines is 1. The van der Waals surface area contributed by atoms with Crippen LogP contribution in [-0.2, 0) is 5.41 Å². The third kappa shape index (κ3) is 3.70. The Labute approximate surface area is 129 Å². The van der Waals surface area contributed by atoms with Crippen molar-refractivity contribution < 1.29 is 0 Å². The molecule has 0 aromatic carbocycles. The topological polar surface area (TPSA) is 37.8 Å². The maximum absolute atomic E-state index is 6.05. The van der Waals surface area contributed by atoms with Crippen molar-refractivity contribution >= 4 is 28.8 Å². The summed E-state index contributed by atoms with van der Waals surface area (Å²) in [5, 5.41) is 5.97. The van der Waals surface area contributed by atoms with E-state index < -0.39 is 0 Å². The first-order valence-electron chi connectivity index (χ1n) is 6.71. The monoisotopic (exact) mass is 309 g/mol. The van der Waals surface area contributed by atoms with Gasteiger partial charge < -0.3 is 5.32 Å². The van der Waals surface area contributed by atoms with Gasteiger partial charge in [-0.15, -0.1) is 11.3 Å². The van der Waals surface area contributed by atoms with Crippen molar-refractivity contribution in [3.8, 4) is 0 Å². The first-order valence-corrected chi connectivity index (χ1v) is 7.96. The summed E-state index contributed by atoms with van der Waals surface area (Å²) in [6.45, 7) is 9.37. The molecule has 1 N–H and O–H groups in total. The number of rotatable bonds is 5. The van der Waals surface area contributed by atoms with E-state index in [0.717, 1.165) is 18.2 Å². The fraction of sp³-hybridized carbons (Fsp3) is 0.467. The number of nitrogens with zero attached hydrogens (tertiary/aromatic N) is 2. The Balaban J connectivity index is 2.11. The molecule has 2 rings (SSSR count). The number of thiophene rings is 1. The van der Waals surface area contributed by atoms with E-state index >= 15 is 0 Å². The molecule has 5 heteroatoms. The third-order valence-electron chi connectivity index (χ3n) is 3.13. The molecular weight excluding hydrogens is 290 g/mol. The summed E-state index contributed by atoms with van der Waals surface area (Å²) in [6, 6.07) is 6.02. The molecule has 0 saturated heterocycles. The Morgan fingerprint density at radius 2 is 2.10 bits per heavy atom. The summed E-state index contributed by atoms with van der Waals surface area (Å²) in [6.07, 6.45) is 0. The van der Waals surface area contributed by atoms with E-state index in [2.05, 4.69) is 60.5 Å². The van der Waals surface area contributed by atoms with Gasteiger partial charge in [0.15, 0.2) is 0 Å². The molecule has 2 aromatic heterocycles. The molecule has 2 heterocycles. The lowest BCUT2D eigenvalue weighted by molar-refractivity contribution is 0.568. The van der Waals surface area contributed by atoms with E-state index in [0.29, 0.717) is 5.15 Å². The van der Waals surface area contributed by atoms with Crippen LogP contribution in [0, 0.1) is 0 Å². The van der Waals surface area contributed by atoms with Crippen LogP contribution in [-0.4, -0.2) is 16.5 Å². The van der Waals surface area contributed by atoms with Gasteiger partial charge in [0, 0.05) is 28.8 Å². The highest BCUT2D eigenvalue weighted by atomic mass is 35.5. The minimum absolute atomic E-state index is 0.0591. The quantitative estimate of drug-likeness (QED) is 0.813. The van der Waals surface area contributed by atoms with E-state index in [1.165, 1.54) is 4.88 Å². The van der Waals surface area contributed by atoms with Crippen molar-refractivity contribution in [2.45, 2.75) is 39.0 Å². The summed E-state index contributed by atoms with van der Waals surface area (Å²) in [5.74, 6) is 1.83. The second kappa shape index (κ2) is 6.10. The summed E-state index contributed by atoms with van der Waals surface area (Å²) >= 11 is 7.83. The lowest BCUT2D eigenvalue weighted by Gasteiger charge is -2.24. The van der Waals surface area contributed by atoms with E-state index in [4.69, 9.17) is 11.6 Å². The van der Waals surface area contributed by atoms with E-state index in [1.54, 1.807) is 17.4 Å². The molecule has 0 fully saturated rings. The largest absolute Gasteiger partial charge is 0.369 e. The zero-order valence-corrected chi connectivity index (χ0v) is 13.8. The summed E-state index contributed by atoms with van der Waals surface area (Å²) in [7, 11) is 0. The lowest BCUT2D eigenvalue weighted by Crippen LogP contribution is -2.27. The SMILES string of the molecule is CC(C)c1nc(Cl)cc(NCC(C)(C)c2cccs2)n1. The summed E-state index contributed by atoms with van der Waals surface area (Å²) in [4.78, 5) is 10.1. The van der Waals surface area contributed by atoms with Crippen LogP contribution in [0.2, 0.25) is 5.15 Å². The fourth-order valence-electron chi connectivity index (χ4n) is 1.85. The summed E-state index contributed by atoms with van der Waals surface area (Å²) in [5.41, 5.74) is 0.0591. The van der Waals surface area contributed by atoms with Gasteiger partial charge in [0.25, 0.3) is 0 Å². The molecule has 0 bridgehead atoms. The highest BCUT2D eigenvalue weighted by molar-refractivity contribution is 7.10. The van der Waals surface area contributed by atoms with Crippen LogP contribution < -0.4 is 5.32 Å². The van der Waals surface area contributed by atoms with Gasteiger partial charge in [-0.05, 0) is 11.4 Å². The predicted octanol–water partition coefficient (Wildman–Crippen LogP) is 4.70. The molecule has 0 aliphatic carbocycles. The molecule has 2 aromatic rings. The van der Waals surface area contributed by atoms with Crippen LogP contribution in [0.3, 0.4) is 0 Å². The number of halogens is 1. The highest BCUT2D eigenvalue weighted by Crippen LogP contribution is 2.28. The van der Waals surface area contributed by atoms with Crippen LogP contribution in [0.4, 0.5) is 5.82 Å². The van der Waals surface area contributed by atoms with Gasteiger partial charge >= 0.3 is 0 Å². The first-order chi connectivity index (χ1) is 9.38. The van der Waals surface area contributed by atoms with Crippen LogP contribution in [0.1, 0.15) is 44.3 Å². The van der Waals surface area contributed by atoms with Crippen LogP contribution >= 0.6 is 22.9 Å². The number of hydrogen-bond donors (Lipinski definition) is 1. The standard InChI is InChI=1S/C15H20ClN3S/c1-10(2)14-18-12(16)8-13(19-14)17-9-15(3,4)11-6-5-7-20-11/h5-8,10H,9H2,1-4H3,(H,17,18,19). The van der Waals surface area contributed by atoms with Gasteiger partial charge in [0.05, 0.1) is 0 Å². The number of nitrogens with one attached hydrogen (secondary N) is 1. The normalized spacial score (nSPS) is 11.9. The Morgan fingerprint density at radius 1 is 1.35 bits per heavy atom. The van der Waals surface area contributed by atoms with E-state index in [-0.39, 0.29) is 11.3 Å². The second-order valence-corrected chi connectivity index (χ2v) is 7.14. The molecule has 0 saturated carbocycles. The van der Waals surface area contributed by atoms with Gasteiger partial charge in [-0.1, -0.05) is 45.4 Å². The molecule has 0 radical (unpaired) electrons. The number of hydrogen-bond acceptors (Lipinski definition) is 4. The second-order valence-electron chi connectivity index (χ2n) is 5.80. The molecule has 0 aliphatic rings. The summed E-state index contributed by atoms with van der Waals surface area (Å²) < 4.78 is 0. The molecule has 20 heavy (non-hydrogen) atoms. The van der Waals surface area contributed by atoms with Crippen molar-refractivity contribution in [3.05, 3.63) is 39.4 Å². The van der Waals surface area contributed by atoms with Gasteiger partial charge in [0.1, 0.15) is 16.8 Å². The Kier molecular flexibility index (Phi) is 4.66. The molecule has 0 atom stereocenters. The zero-order valence-electron chi connectivity index (χ0n) is 12.3. The minimum atomic E-state index is 0.0591.